The Morgan fingerprint density at radius 3 is 2.55 bits per heavy atom. The largest absolute Gasteiger partial charge is 0.397 e. The lowest BCUT2D eigenvalue weighted by atomic mass is 10.1. The Labute approximate surface area is 121 Å². The van der Waals surface area contributed by atoms with Gasteiger partial charge < -0.3 is 16.5 Å². The predicted octanol–water partition coefficient (Wildman–Crippen LogP) is 1.73. The molecule has 5 nitrogen and oxygen atoms in total. The van der Waals surface area contributed by atoms with Gasteiger partial charge in [-0.05, 0) is 38.4 Å². The number of hydrogen-bond donors (Lipinski definition) is 3. The van der Waals surface area contributed by atoms with Crippen molar-refractivity contribution in [3.8, 4) is 0 Å². The van der Waals surface area contributed by atoms with E-state index in [1.54, 1.807) is 17.4 Å². The van der Waals surface area contributed by atoms with Gasteiger partial charge in [0.2, 0.25) is 0 Å². The lowest BCUT2D eigenvalue weighted by Crippen LogP contribution is -2.27. The molecule has 1 aromatic rings. The minimum Gasteiger partial charge on any atom is -0.397 e. The highest BCUT2D eigenvalue weighted by Crippen LogP contribution is 2.09. The van der Waals surface area contributed by atoms with Crippen LogP contribution in [0.2, 0.25) is 0 Å². The summed E-state index contributed by atoms with van der Waals surface area (Å²) in [5.41, 5.74) is 14.0. The summed E-state index contributed by atoms with van der Waals surface area (Å²) in [6.07, 6.45) is 9.30. The second-order valence-corrected chi connectivity index (χ2v) is 5.07. The van der Waals surface area contributed by atoms with E-state index in [0.717, 1.165) is 37.2 Å². The average Bonchev–Trinajstić information content (AvgIpc) is 2.43. The third kappa shape index (κ3) is 6.54. The number of hydrogen-bond acceptors (Lipinski definition) is 5. The number of hydrazine groups is 1. The van der Waals surface area contributed by atoms with Gasteiger partial charge in [-0.2, -0.15) is 0 Å². The Kier molecular flexibility index (Phi) is 7.69. The molecular formula is C15H27N5. The van der Waals surface area contributed by atoms with Gasteiger partial charge in [-0.25, -0.2) is 5.84 Å². The molecule has 0 bridgehead atoms. The normalized spacial score (nSPS) is 11.7. The Morgan fingerprint density at radius 1 is 1.20 bits per heavy atom. The summed E-state index contributed by atoms with van der Waals surface area (Å²) in [4.78, 5) is 4.22. The van der Waals surface area contributed by atoms with Gasteiger partial charge in [-0.15, -0.1) is 0 Å². The van der Waals surface area contributed by atoms with Gasteiger partial charge >= 0.3 is 0 Å². The molecule has 0 saturated carbocycles. The number of aromatic nitrogens is 1. The van der Waals surface area contributed by atoms with Crippen LogP contribution in [0.15, 0.2) is 24.5 Å². The first kappa shape index (κ1) is 16.5. The molecule has 1 heterocycles. The monoisotopic (exact) mass is 277 g/mol. The molecule has 0 aliphatic rings. The Morgan fingerprint density at radius 2 is 1.90 bits per heavy atom. The summed E-state index contributed by atoms with van der Waals surface area (Å²) < 4.78 is 0. The molecule has 0 atom stereocenters. The first-order valence-corrected chi connectivity index (χ1v) is 7.25. The van der Waals surface area contributed by atoms with E-state index < -0.39 is 0 Å². The van der Waals surface area contributed by atoms with Crippen molar-refractivity contribution in [1.29, 1.82) is 0 Å². The van der Waals surface area contributed by atoms with Crippen LogP contribution in [-0.4, -0.2) is 23.1 Å². The molecule has 0 fully saturated rings. The van der Waals surface area contributed by atoms with E-state index in [9.17, 15) is 0 Å². The highest BCUT2D eigenvalue weighted by atomic mass is 15.4. The fraction of sp³-hybridized carbons (Fsp3) is 0.533. The molecule has 0 spiro atoms. The second kappa shape index (κ2) is 9.34. The molecule has 1 rings (SSSR count). The lowest BCUT2D eigenvalue weighted by Gasteiger charge is -2.15. The van der Waals surface area contributed by atoms with Crippen molar-refractivity contribution in [2.75, 3.05) is 13.1 Å². The van der Waals surface area contributed by atoms with E-state index >= 15 is 0 Å². The maximum atomic E-state index is 6.00. The molecule has 6 N–H and O–H groups in total. The van der Waals surface area contributed by atoms with Gasteiger partial charge in [-0.3, -0.25) is 4.98 Å². The van der Waals surface area contributed by atoms with E-state index in [1.807, 2.05) is 19.1 Å². The van der Waals surface area contributed by atoms with Gasteiger partial charge in [0.25, 0.3) is 0 Å². The zero-order chi connectivity index (χ0) is 14.8. The van der Waals surface area contributed by atoms with Gasteiger partial charge in [0.15, 0.2) is 0 Å². The number of unbranched alkanes of at least 4 members (excludes halogenated alkanes) is 4. The SMILES string of the molecule is Cc1ccc(/C(N)=C/N(N)CCCCCCCN)cn1. The first-order chi connectivity index (χ1) is 9.63. The summed E-state index contributed by atoms with van der Waals surface area (Å²) >= 11 is 0. The zero-order valence-corrected chi connectivity index (χ0v) is 12.4. The number of aryl methyl sites for hydroxylation is 1. The highest BCUT2D eigenvalue weighted by Gasteiger charge is 2.00. The van der Waals surface area contributed by atoms with E-state index in [0.29, 0.717) is 5.70 Å². The molecule has 0 aromatic carbocycles. The quantitative estimate of drug-likeness (QED) is 0.363. The number of pyridine rings is 1. The molecule has 0 radical (unpaired) electrons. The van der Waals surface area contributed by atoms with Crippen LogP contribution >= 0.6 is 0 Å². The molecular weight excluding hydrogens is 250 g/mol. The van der Waals surface area contributed by atoms with Crippen LogP contribution in [0.5, 0.6) is 0 Å². The zero-order valence-electron chi connectivity index (χ0n) is 12.4. The van der Waals surface area contributed by atoms with Crippen LogP contribution in [0, 0.1) is 6.92 Å². The van der Waals surface area contributed by atoms with Crippen LogP contribution in [-0.2, 0) is 0 Å². The molecule has 1 aromatic heterocycles. The second-order valence-electron chi connectivity index (χ2n) is 5.07. The van der Waals surface area contributed by atoms with Crippen LogP contribution in [0.3, 0.4) is 0 Å². The molecule has 5 heteroatoms. The van der Waals surface area contributed by atoms with E-state index in [1.165, 1.54) is 19.3 Å². The Balaban J connectivity index is 2.30. The van der Waals surface area contributed by atoms with E-state index in [2.05, 4.69) is 4.98 Å². The van der Waals surface area contributed by atoms with E-state index in [-0.39, 0.29) is 0 Å². The van der Waals surface area contributed by atoms with Gasteiger partial charge in [0.05, 0.1) is 5.70 Å². The number of nitrogens with zero attached hydrogens (tertiary/aromatic N) is 2. The van der Waals surface area contributed by atoms with Gasteiger partial charge in [0.1, 0.15) is 0 Å². The third-order valence-corrected chi connectivity index (χ3v) is 3.17. The molecule has 0 aliphatic carbocycles. The standard InChI is InChI=1S/C15H27N5/c1-13-7-8-14(11-19-13)15(17)12-20(18)10-6-4-2-3-5-9-16/h7-8,11-12H,2-6,9-10,16-18H2,1H3/b15-12-. The van der Waals surface area contributed by atoms with Gasteiger partial charge in [-0.1, -0.05) is 19.3 Å². The van der Waals surface area contributed by atoms with Gasteiger partial charge in [0, 0.05) is 30.2 Å². The minimum atomic E-state index is 0.642. The highest BCUT2D eigenvalue weighted by molar-refractivity contribution is 5.61. The summed E-state index contributed by atoms with van der Waals surface area (Å²) in [6.45, 7) is 3.54. The molecule has 0 amide bonds. The maximum Gasteiger partial charge on any atom is 0.0579 e. The molecule has 0 saturated heterocycles. The smallest absolute Gasteiger partial charge is 0.0579 e. The topological polar surface area (TPSA) is 94.2 Å². The van der Waals surface area contributed by atoms with Crippen molar-refractivity contribution >= 4 is 5.70 Å². The van der Waals surface area contributed by atoms with Crippen molar-refractivity contribution in [3.63, 3.8) is 0 Å². The molecule has 20 heavy (non-hydrogen) atoms. The lowest BCUT2D eigenvalue weighted by molar-refractivity contribution is 0.377. The van der Waals surface area contributed by atoms with Crippen molar-refractivity contribution < 1.29 is 0 Å². The van der Waals surface area contributed by atoms with Crippen LogP contribution in [0.4, 0.5) is 0 Å². The van der Waals surface area contributed by atoms with Crippen LogP contribution < -0.4 is 17.3 Å². The third-order valence-electron chi connectivity index (χ3n) is 3.17. The fourth-order valence-electron chi connectivity index (χ4n) is 1.93. The summed E-state index contributed by atoms with van der Waals surface area (Å²) in [5, 5.41) is 1.65. The Hall–Kier alpha value is -1.59. The summed E-state index contributed by atoms with van der Waals surface area (Å²) in [7, 11) is 0. The summed E-state index contributed by atoms with van der Waals surface area (Å²) in [6, 6.07) is 3.89. The molecule has 112 valence electrons. The summed E-state index contributed by atoms with van der Waals surface area (Å²) in [5.74, 6) is 5.92. The molecule has 0 unspecified atom stereocenters. The first-order valence-electron chi connectivity index (χ1n) is 7.25. The van der Waals surface area contributed by atoms with E-state index in [4.69, 9.17) is 17.3 Å². The number of nitrogens with two attached hydrogens (primary N) is 3. The number of rotatable bonds is 9. The maximum absolute atomic E-state index is 6.00. The van der Waals surface area contributed by atoms with Crippen LogP contribution in [0.1, 0.15) is 43.4 Å². The molecule has 0 aliphatic heterocycles. The van der Waals surface area contributed by atoms with Crippen molar-refractivity contribution in [2.45, 2.75) is 39.0 Å². The van der Waals surface area contributed by atoms with Crippen molar-refractivity contribution in [1.82, 2.24) is 9.99 Å². The van der Waals surface area contributed by atoms with Crippen molar-refractivity contribution in [2.24, 2.45) is 17.3 Å². The van der Waals surface area contributed by atoms with Crippen LogP contribution in [0.25, 0.3) is 5.70 Å². The fourth-order valence-corrected chi connectivity index (χ4v) is 1.93. The Bertz CT molecular complexity index is 399. The minimum absolute atomic E-state index is 0.642. The average molecular weight is 277 g/mol. The van der Waals surface area contributed by atoms with Crippen molar-refractivity contribution in [3.05, 3.63) is 35.8 Å². The predicted molar refractivity (Wildman–Crippen MR) is 84.2 cm³/mol.